The highest BCUT2D eigenvalue weighted by Gasteiger charge is 2.23. The molecule has 0 fully saturated rings. The van der Waals surface area contributed by atoms with Crippen molar-refractivity contribution in [2.75, 3.05) is 25.5 Å². The quantitative estimate of drug-likeness (QED) is 0.524. The molecule has 0 atom stereocenters. The topological polar surface area (TPSA) is 55.2 Å². The van der Waals surface area contributed by atoms with E-state index in [0.717, 1.165) is 35.4 Å². The highest BCUT2D eigenvalue weighted by molar-refractivity contribution is 5.88. The van der Waals surface area contributed by atoms with Crippen molar-refractivity contribution in [3.8, 4) is 11.5 Å². The number of anilines is 1. The van der Waals surface area contributed by atoms with Crippen LogP contribution in [-0.2, 0) is 17.7 Å². The largest absolute Gasteiger partial charge is 0.457 e. The van der Waals surface area contributed by atoms with E-state index in [9.17, 15) is 4.79 Å². The molecule has 6 heteroatoms. The lowest BCUT2D eigenvalue weighted by Crippen LogP contribution is -2.33. The Morgan fingerprint density at radius 2 is 2.00 bits per heavy atom. The zero-order valence-electron chi connectivity index (χ0n) is 19.1. The number of aryl methyl sites for hydroxylation is 1. The standard InChI is InChI=1S/C25H30N2O4/c1-16-20(15-27(6)24(28)31-25(2,3)4)19-8-7-9-22(23(19)29-16)30-18-11-10-17-12-13-26(5)21(17)14-18/h7-11,14H,12-13,15H2,1-6H3. The van der Waals surface area contributed by atoms with Crippen molar-refractivity contribution >= 4 is 22.7 Å². The van der Waals surface area contributed by atoms with E-state index in [2.05, 4.69) is 24.1 Å². The minimum atomic E-state index is -0.538. The first kappa shape index (κ1) is 21.1. The van der Waals surface area contributed by atoms with Gasteiger partial charge >= 0.3 is 6.09 Å². The molecule has 1 amide bonds. The molecule has 4 rings (SSSR count). The molecular weight excluding hydrogens is 392 g/mol. The smallest absolute Gasteiger partial charge is 0.410 e. The van der Waals surface area contributed by atoms with Crippen LogP contribution in [0.1, 0.15) is 37.7 Å². The second-order valence-electron chi connectivity index (χ2n) is 9.17. The van der Waals surface area contributed by atoms with E-state index in [1.165, 1.54) is 11.3 Å². The number of likely N-dealkylation sites (N-methyl/N-ethyl adjacent to an activating group) is 1. The van der Waals surface area contributed by atoms with Gasteiger partial charge in [-0.2, -0.15) is 0 Å². The lowest BCUT2D eigenvalue weighted by molar-refractivity contribution is 0.0285. The number of furan rings is 1. The Kier molecular flexibility index (Phi) is 5.33. The molecule has 0 saturated carbocycles. The number of hydrogen-bond acceptors (Lipinski definition) is 5. The van der Waals surface area contributed by atoms with Crippen LogP contribution >= 0.6 is 0 Å². The normalized spacial score (nSPS) is 13.4. The molecule has 164 valence electrons. The van der Waals surface area contributed by atoms with Crippen LogP contribution in [0.5, 0.6) is 11.5 Å². The summed E-state index contributed by atoms with van der Waals surface area (Å²) in [7, 11) is 3.83. The zero-order valence-corrected chi connectivity index (χ0v) is 19.1. The number of rotatable bonds is 4. The number of benzene rings is 2. The number of carbonyl (C=O) groups is 1. The van der Waals surface area contributed by atoms with Crippen molar-refractivity contribution < 1.29 is 18.7 Å². The predicted octanol–water partition coefficient (Wildman–Crippen LogP) is 5.89. The molecule has 0 saturated heterocycles. The second kappa shape index (κ2) is 7.84. The Balaban J connectivity index is 1.60. The number of amides is 1. The molecule has 0 spiro atoms. The maximum atomic E-state index is 12.4. The fourth-order valence-electron chi connectivity index (χ4n) is 3.89. The number of hydrogen-bond donors (Lipinski definition) is 0. The van der Waals surface area contributed by atoms with Crippen LogP contribution in [0.2, 0.25) is 0 Å². The van der Waals surface area contributed by atoms with Crippen LogP contribution in [0.25, 0.3) is 11.0 Å². The van der Waals surface area contributed by atoms with Gasteiger partial charge < -0.3 is 23.7 Å². The Hall–Kier alpha value is -3.15. The molecule has 0 aliphatic carbocycles. The molecule has 1 aromatic heterocycles. The molecule has 2 heterocycles. The van der Waals surface area contributed by atoms with Crippen LogP contribution in [0, 0.1) is 6.92 Å². The van der Waals surface area contributed by atoms with Gasteiger partial charge in [0.05, 0.1) is 6.54 Å². The van der Waals surface area contributed by atoms with Crippen molar-refractivity contribution in [3.63, 3.8) is 0 Å². The van der Waals surface area contributed by atoms with E-state index >= 15 is 0 Å². The van der Waals surface area contributed by atoms with E-state index in [4.69, 9.17) is 13.9 Å². The van der Waals surface area contributed by atoms with Gasteiger partial charge in [0.15, 0.2) is 11.3 Å². The van der Waals surface area contributed by atoms with Gasteiger partial charge in [0.25, 0.3) is 0 Å². The number of para-hydroxylation sites is 1. The molecule has 0 N–H and O–H groups in total. The third-order valence-corrected chi connectivity index (χ3v) is 5.50. The van der Waals surface area contributed by atoms with Gasteiger partial charge in [-0.15, -0.1) is 0 Å². The SMILES string of the molecule is Cc1oc2c(Oc3ccc4c(c3)N(C)CC4)cccc2c1CN(C)C(=O)OC(C)(C)C. The lowest BCUT2D eigenvalue weighted by Gasteiger charge is -2.24. The predicted molar refractivity (Wildman–Crippen MR) is 122 cm³/mol. The van der Waals surface area contributed by atoms with Gasteiger partial charge in [0, 0.05) is 43.3 Å². The van der Waals surface area contributed by atoms with Gasteiger partial charge in [-0.25, -0.2) is 4.79 Å². The fraction of sp³-hybridized carbons (Fsp3) is 0.400. The average molecular weight is 423 g/mol. The van der Waals surface area contributed by atoms with Crippen molar-refractivity contribution in [2.24, 2.45) is 0 Å². The fourth-order valence-corrected chi connectivity index (χ4v) is 3.89. The first-order chi connectivity index (χ1) is 14.6. The summed E-state index contributed by atoms with van der Waals surface area (Å²) in [6.07, 6.45) is 0.698. The number of nitrogens with zero attached hydrogens (tertiary/aromatic N) is 2. The van der Waals surface area contributed by atoms with E-state index in [1.807, 2.05) is 52.0 Å². The average Bonchev–Trinajstić information content (AvgIpc) is 3.21. The van der Waals surface area contributed by atoms with Gasteiger partial charge in [0.2, 0.25) is 0 Å². The lowest BCUT2D eigenvalue weighted by atomic mass is 10.1. The Bertz CT molecular complexity index is 1130. The molecule has 31 heavy (non-hydrogen) atoms. The summed E-state index contributed by atoms with van der Waals surface area (Å²) in [4.78, 5) is 16.2. The summed E-state index contributed by atoms with van der Waals surface area (Å²) in [5.41, 5.74) is 3.64. The van der Waals surface area contributed by atoms with Crippen LogP contribution in [0.15, 0.2) is 40.8 Å². The minimum Gasteiger partial charge on any atom is -0.457 e. The number of carbonyl (C=O) groups excluding carboxylic acids is 1. The Morgan fingerprint density at radius 1 is 1.23 bits per heavy atom. The highest BCUT2D eigenvalue weighted by Crippen LogP contribution is 2.38. The maximum absolute atomic E-state index is 12.4. The van der Waals surface area contributed by atoms with Gasteiger partial charge in [-0.1, -0.05) is 18.2 Å². The molecular formula is C25H30N2O4. The summed E-state index contributed by atoms with van der Waals surface area (Å²) in [6, 6.07) is 12.1. The van der Waals surface area contributed by atoms with E-state index in [1.54, 1.807) is 11.9 Å². The van der Waals surface area contributed by atoms with Crippen LogP contribution in [0.4, 0.5) is 10.5 Å². The third-order valence-electron chi connectivity index (χ3n) is 5.50. The molecule has 1 aliphatic heterocycles. The summed E-state index contributed by atoms with van der Waals surface area (Å²) >= 11 is 0. The summed E-state index contributed by atoms with van der Waals surface area (Å²) in [5, 5.41) is 0.934. The van der Waals surface area contributed by atoms with Crippen molar-refractivity contribution in [1.82, 2.24) is 4.90 Å². The molecule has 1 aliphatic rings. The summed E-state index contributed by atoms with van der Waals surface area (Å²) in [5.74, 6) is 2.20. The third kappa shape index (κ3) is 4.33. The van der Waals surface area contributed by atoms with E-state index < -0.39 is 5.60 Å². The maximum Gasteiger partial charge on any atom is 0.410 e. The Morgan fingerprint density at radius 3 is 2.74 bits per heavy atom. The monoisotopic (exact) mass is 422 g/mol. The molecule has 3 aromatic rings. The van der Waals surface area contributed by atoms with Crippen LogP contribution in [0.3, 0.4) is 0 Å². The summed E-state index contributed by atoms with van der Waals surface area (Å²) < 4.78 is 17.8. The first-order valence-corrected chi connectivity index (χ1v) is 10.6. The molecule has 2 aromatic carbocycles. The van der Waals surface area contributed by atoms with Crippen molar-refractivity contribution in [2.45, 2.75) is 46.3 Å². The Labute approximate surface area is 183 Å². The summed E-state index contributed by atoms with van der Waals surface area (Å²) in [6.45, 7) is 8.90. The van der Waals surface area contributed by atoms with E-state index in [0.29, 0.717) is 17.9 Å². The van der Waals surface area contributed by atoms with Crippen LogP contribution < -0.4 is 9.64 Å². The van der Waals surface area contributed by atoms with Gasteiger partial charge in [-0.05, 0) is 51.8 Å². The molecule has 6 nitrogen and oxygen atoms in total. The second-order valence-corrected chi connectivity index (χ2v) is 9.17. The minimum absolute atomic E-state index is 0.365. The first-order valence-electron chi connectivity index (χ1n) is 10.6. The van der Waals surface area contributed by atoms with E-state index in [-0.39, 0.29) is 6.09 Å². The number of ether oxygens (including phenoxy) is 2. The number of fused-ring (bicyclic) bond motifs is 2. The van der Waals surface area contributed by atoms with Crippen molar-refractivity contribution in [3.05, 3.63) is 53.3 Å². The van der Waals surface area contributed by atoms with Crippen LogP contribution in [-0.4, -0.2) is 37.2 Å². The highest BCUT2D eigenvalue weighted by atomic mass is 16.6. The zero-order chi connectivity index (χ0) is 22.3. The molecule has 0 unspecified atom stereocenters. The van der Waals surface area contributed by atoms with Gasteiger partial charge in [0.1, 0.15) is 17.1 Å². The molecule has 0 bridgehead atoms. The molecule has 0 radical (unpaired) electrons. The van der Waals surface area contributed by atoms with Crippen molar-refractivity contribution in [1.29, 1.82) is 0 Å². The van der Waals surface area contributed by atoms with Gasteiger partial charge in [-0.3, -0.25) is 0 Å².